The number of ether oxygens (including phenoxy) is 1. The highest BCUT2D eigenvalue weighted by Crippen LogP contribution is 2.42. The molecule has 1 unspecified atom stereocenters. The van der Waals surface area contributed by atoms with E-state index in [0.29, 0.717) is 11.6 Å². The van der Waals surface area contributed by atoms with Crippen molar-refractivity contribution in [2.24, 2.45) is 5.41 Å². The van der Waals surface area contributed by atoms with Gasteiger partial charge in [0.05, 0.1) is 16.4 Å². The normalized spacial score (nSPS) is 18.6. The Morgan fingerprint density at radius 2 is 1.68 bits per heavy atom. The first kappa shape index (κ1) is 28.5. The molecule has 0 aliphatic carbocycles. The Kier molecular flexibility index (Phi) is 9.13. The zero-order chi connectivity index (χ0) is 27.3. The van der Waals surface area contributed by atoms with Crippen LogP contribution in [0, 0.1) is 5.41 Å². The number of hydrogen-bond donors (Lipinski definition) is 1. The van der Waals surface area contributed by atoms with Crippen molar-refractivity contribution >= 4 is 33.3 Å². The lowest BCUT2D eigenvalue weighted by Gasteiger charge is -2.38. The van der Waals surface area contributed by atoms with Gasteiger partial charge in [0.25, 0.3) is 0 Å². The van der Waals surface area contributed by atoms with Crippen LogP contribution in [0.5, 0.6) is 0 Å². The van der Waals surface area contributed by atoms with Crippen LogP contribution in [0.1, 0.15) is 42.9 Å². The van der Waals surface area contributed by atoms with E-state index in [-0.39, 0.29) is 34.8 Å². The van der Waals surface area contributed by atoms with Crippen LogP contribution in [0.15, 0.2) is 53.4 Å². The molecule has 0 radical (unpaired) electrons. The van der Waals surface area contributed by atoms with E-state index >= 15 is 0 Å². The lowest BCUT2D eigenvalue weighted by molar-refractivity contribution is -0.139. The molecule has 10 heteroatoms. The number of carbonyl (C=O) groups is 2. The summed E-state index contributed by atoms with van der Waals surface area (Å²) in [6.07, 6.45) is 4.42. The zero-order valence-electron chi connectivity index (χ0n) is 22.0. The third-order valence-electron chi connectivity index (χ3n) is 7.76. The van der Waals surface area contributed by atoms with E-state index in [0.717, 1.165) is 63.0 Å². The molecule has 206 valence electrons. The summed E-state index contributed by atoms with van der Waals surface area (Å²) in [7, 11) is -1.74. The predicted molar refractivity (Wildman–Crippen MR) is 147 cm³/mol. The Morgan fingerprint density at radius 3 is 2.29 bits per heavy atom. The Balaban J connectivity index is 1.31. The average Bonchev–Trinajstić information content (AvgIpc) is 3.18. The highest BCUT2D eigenvalue weighted by molar-refractivity contribution is 7.90. The highest BCUT2D eigenvalue weighted by Gasteiger charge is 2.47. The topological polar surface area (TPSA) is 96.0 Å². The second-order valence-corrected chi connectivity index (χ2v) is 12.9. The third-order valence-corrected chi connectivity index (χ3v) is 9.14. The molecule has 2 heterocycles. The van der Waals surface area contributed by atoms with Crippen molar-refractivity contribution in [1.29, 1.82) is 0 Å². The number of halogens is 1. The first-order valence-electron chi connectivity index (χ1n) is 12.9. The number of benzene rings is 2. The fourth-order valence-corrected chi connectivity index (χ4v) is 6.23. The molecule has 2 saturated heterocycles. The third kappa shape index (κ3) is 6.94. The number of likely N-dealkylation sites (tertiary alicyclic amines) is 2. The van der Waals surface area contributed by atoms with Gasteiger partial charge in [0.1, 0.15) is 6.61 Å². The maximum Gasteiger partial charge on any atom is 0.246 e. The molecular weight excluding hydrogens is 526 g/mol. The number of hydrogen-bond acceptors (Lipinski definition) is 6. The van der Waals surface area contributed by atoms with E-state index in [9.17, 15) is 18.0 Å². The van der Waals surface area contributed by atoms with Gasteiger partial charge in [0, 0.05) is 38.0 Å². The summed E-state index contributed by atoms with van der Waals surface area (Å²) in [6.45, 7) is 3.71. The van der Waals surface area contributed by atoms with Crippen molar-refractivity contribution in [3.8, 4) is 0 Å². The van der Waals surface area contributed by atoms with Crippen molar-refractivity contribution in [3.05, 3.63) is 64.7 Å². The molecule has 2 aromatic carbocycles. The SMILES string of the molecule is COCC(=O)NC(CCN1CCC2(CC1)CCN(Cc1ccc(S(C)(=O)=O)cc1)C2=O)c1ccc(Cl)cc1. The van der Waals surface area contributed by atoms with Crippen LogP contribution in [0.4, 0.5) is 0 Å². The molecule has 0 aromatic heterocycles. The standard InChI is InChI=1S/C28H36ClN3O5S/c1-37-20-26(33)30-25(22-5-7-23(29)8-6-22)11-15-31-16-12-28(13-17-31)14-18-32(27(28)34)19-21-3-9-24(10-4-21)38(2,35)36/h3-10,25H,11-20H2,1-2H3,(H,30,33). The van der Waals surface area contributed by atoms with Gasteiger partial charge in [-0.05, 0) is 74.2 Å². The van der Waals surface area contributed by atoms with E-state index < -0.39 is 9.84 Å². The van der Waals surface area contributed by atoms with Gasteiger partial charge in [0.15, 0.2) is 9.84 Å². The molecule has 0 saturated carbocycles. The molecule has 2 aromatic rings. The summed E-state index contributed by atoms with van der Waals surface area (Å²) < 4.78 is 28.4. The van der Waals surface area contributed by atoms with Crippen LogP contribution in [0.2, 0.25) is 5.02 Å². The van der Waals surface area contributed by atoms with Gasteiger partial charge in [-0.25, -0.2) is 8.42 Å². The Morgan fingerprint density at radius 1 is 1.05 bits per heavy atom. The fourth-order valence-electron chi connectivity index (χ4n) is 5.47. The lowest BCUT2D eigenvalue weighted by atomic mass is 9.77. The van der Waals surface area contributed by atoms with Crippen molar-refractivity contribution in [1.82, 2.24) is 15.1 Å². The number of amides is 2. The second-order valence-electron chi connectivity index (χ2n) is 10.4. The van der Waals surface area contributed by atoms with Gasteiger partial charge < -0.3 is 19.9 Å². The number of nitrogens with one attached hydrogen (secondary N) is 1. The second kappa shape index (κ2) is 12.2. The minimum atomic E-state index is -3.24. The Hall–Kier alpha value is -2.46. The maximum atomic E-state index is 13.4. The molecule has 1 spiro atoms. The van der Waals surface area contributed by atoms with E-state index in [1.54, 1.807) is 24.3 Å². The summed E-state index contributed by atoms with van der Waals surface area (Å²) in [6, 6.07) is 14.2. The highest BCUT2D eigenvalue weighted by atomic mass is 35.5. The monoisotopic (exact) mass is 561 g/mol. The zero-order valence-corrected chi connectivity index (χ0v) is 23.6. The number of rotatable bonds is 10. The largest absolute Gasteiger partial charge is 0.375 e. The molecule has 2 aliphatic rings. The van der Waals surface area contributed by atoms with E-state index in [1.165, 1.54) is 13.4 Å². The van der Waals surface area contributed by atoms with Crippen molar-refractivity contribution < 1.29 is 22.7 Å². The van der Waals surface area contributed by atoms with E-state index in [4.69, 9.17) is 16.3 Å². The molecule has 8 nitrogen and oxygen atoms in total. The number of methoxy groups -OCH3 is 1. The van der Waals surface area contributed by atoms with Crippen molar-refractivity contribution in [2.75, 3.05) is 46.2 Å². The molecule has 0 bridgehead atoms. The molecule has 2 aliphatic heterocycles. The van der Waals surface area contributed by atoms with Gasteiger partial charge >= 0.3 is 0 Å². The van der Waals surface area contributed by atoms with Crippen LogP contribution in [-0.2, 0) is 30.7 Å². The van der Waals surface area contributed by atoms with Gasteiger partial charge in [0.2, 0.25) is 11.8 Å². The average molecular weight is 562 g/mol. The van der Waals surface area contributed by atoms with Gasteiger partial charge in [-0.2, -0.15) is 0 Å². The summed E-state index contributed by atoms with van der Waals surface area (Å²) >= 11 is 6.05. The molecule has 38 heavy (non-hydrogen) atoms. The molecule has 1 N–H and O–H groups in total. The van der Waals surface area contributed by atoms with E-state index in [1.807, 2.05) is 29.2 Å². The molecule has 4 rings (SSSR count). The van der Waals surface area contributed by atoms with Crippen LogP contribution in [0.3, 0.4) is 0 Å². The van der Waals surface area contributed by atoms with Gasteiger partial charge in [-0.1, -0.05) is 35.9 Å². The number of nitrogens with zero attached hydrogens (tertiary/aromatic N) is 2. The first-order chi connectivity index (χ1) is 18.1. The Labute approximate surface area is 230 Å². The lowest BCUT2D eigenvalue weighted by Crippen LogP contribution is -2.45. The quantitative estimate of drug-likeness (QED) is 0.477. The van der Waals surface area contributed by atoms with Crippen LogP contribution < -0.4 is 5.32 Å². The van der Waals surface area contributed by atoms with Crippen molar-refractivity contribution in [2.45, 2.75) is 43.2 Å². The predicted octanol–water partition coefficient (Wildman–Crippen LogP) is 3.45. The Bertz CT molecular complexity index is 1230. The summed E-state index contributed by atoms with van der Waals surface area (Å²) in [5.41, 5.74) is 1.62. The maximum absolute atomic E-state index is 13.4. The van der Waals surface area contributed by atoms with Crippen LogP contribution in [0.25, 0.3) is 0 Å². The van der Waals surface area contributed by atoms with Crippen molar-refractivity contribution in [3.63, 3.8) is 0 Å². The molecular formula is C28H36ClN3O5S. The first-order valence-corrected chi connectivity index (χ1v) is 15.2. The van der Waals surface area contributed by atoms with Crippen LogP contribution >= 0.6 is 11.6 Å². The molecule has 1 atom stereocenters. The van der Waals surface area contributed by atoms with Gasteiger partial charge in [-0.3, -0.25) is 9.59 Å². The summed E-state index contributed by atoms with van der Waals surface area (Å²) in [5.74, 6) is 0.0443. The molecule has 2 amide bonds. The minimum absolute atomic E-state index is 0.0107. The smallest absolute Gasteiger partial charge is 0.246 e. The van der Waals surface area contributed by atoms with Crippen LogP contribution in [-0.4, -0.2) is 76.2 Å². The summed E-state index contributed by atoms with van der Waals surface area (Å²) in [4.78, 5) is 30.2. The van der Waals surface area contributed by atoms with E-state index in [2.05, 4.69) is 10.2 Å². The number of carbonyl (C=O) groups excluding carboxylic acids is 2. The minimum Gasteiger partial charge on any atom is -0.375 e. The summed E-state index contributed by atoms with van der Waals surface area (Å²) in [5, 5.41) is 3.71. The number of piperidine rings is 1. The number of sulfone groups is 1. The fraction of sp³-hybridized carbons (Fsp3) is 0.500. The molecule has 2 fully saturated rings. The van der Waals surface area contributed by atoms with Gasteiger partial charge in [-0.15, -0.1) is 0 Å².